The summed E-state index contributed by atoms with van der Waals surface area (Å²) >= 11 is 2.10. The Kier molecular flexibility index (Phi) is 4.52. The summed E-state index contributed by atoms with van der Waals surface area (Å²) in [4.78, 5) is 0. The Morgan fingerprint density at radius 2 is 2.17 bits per heavy atom. The number of hydrogen-bond donors (Lipinski definition) is 0. The second kappa shape index (κ2) is 5.47. The zero-order valence-electron chi connectivity index (χ0n) is 7.88. The van der Waals surface area contributed by atoms with Gasteiger partial charge in [0.05, 0.1) is 0 Å². The molecule has 0 aromatic heterocycles. The van der Waals surface area contributed by atoms with E-state index in [1.807, 2.05) is 6.92 Å². The summed E-state index contributed by atoms with van der Waals surface area (Å²) in [6.07, 6.45) is 10.1. The van der Waals surface area contributed by atoms with Crippen LogP contribution >= 0.6 is 11.8 Å². The molecular formula is C11H18S. The van der Waals surface area contributed by atoms with Crippen molar-refractivity contribution in [2.75, 3.05) is 5.75 Å². The molecule has 0 spiro atoms. The van der Waals surface area contributed by atoms with E-state index in [1.165, 1.54) is 25.7 Å². The van der Waals surface area contributed by atoms with Gasteiger partial charge < -0.3 is 0 Å². The number of hydrogen-bond acceptors (Lipinski definition) is 1. The highest BCUT2D eigenvalue weighted by Gasteiger charge is 2.13. The lowest BCUT2D eigenvalue weighted by atomic mass is 10.3. The largest absolute Gasteiger partial charge is 0.154 e. The van der Waals surface area contributed by atoms with Gasteiger partial charge in [-0.15, -0.1) is 0 Å². The predicted octanol–water partition coefficient (Wildman–Crippen LogP) is 3.79. The Labute approximate surface area is 80.1 Å². The summed E-state index contributed by atoms with van der Waals surface area (Å²) in [6.45, 7) is 5.87. The quantitative estimate of drug-likeness (QED) is 0.596. The van der Waals surface area contributed by atoms with Crippen LogP contribution < -0.4 is 0 Å². The fourth-order valence-corrected chi connectivity index (χ4v) is 2.64. The van der Waals surface area contributed by atoms with Crippen molar-refractivity contribution in [1.82, 2.24) is 0 Å². The molecule has 0 amide bonds. The summed E-state index contributed by atoms with van der Waals surface area (Å²) in [5.41, 5.74) is 1.15. The van der Waals surface area contributed by atoms with Crippen molar-refractivity contribution in [3.05, 3.63) is 24.3 Å². The van der Waals surface area contributed by atoms with E-state index in [4.69, 9.17) is 0 Å². The number of thioether (sulfide) groups is 1. The minimum Gasteiger partial charge on any atom is -0.154 e. The molecule has 1 aliphatic carbocycles. The van der Waals surface area contributed by atoms with Crippen molar-refractivity contribution in [2.45, 2.75) is 37.9 Å². The van der Waals surface area contributed by atoms with E-state index in [1.54, 1.807) is 0 Å². The topological polar surface area (TPSA) is 0 Å². The lowest BCUT2D eigenvalue weighted by Crippen LogP contribution is -1.93. The molecule has 1 aliphatic rings. The van der Waals surface area contributed by atoms with Gasteiger partial charge in [-0.05, 0) is 19.8 Å². The molecule has 0 atom stereocenters. The average molecular weight is 182 g/mol. The van der Waals surface area contributed by atoms with E-state index in [0.717, 1.165) is 16.6 Å². The van der Waals surface area contributed by atoms with Crippen molar-refractivity contribution in [3.63, 3.8) is 0 Å². The Morgan fingerprint density at radius 1 is 1.50 bits per heavy atom. The molecule has 12 heavy (non-hydrogen) atoms. The Hall–Kier alpha value is -0.170. The van der Waals surface area contributed by atoms with Gasteiger partial charge in [-0.25, -0.2) is 0 Å². The van der Waals surface area contributed by atoms with Gasteiger partial charge >= 0.3 is 0 Å². The minimum atomic E-state index is 0.944. The maximum absolute atomic E-state index is 3.83. The second-order valence-electron chi connectivity index (χ2n) is 3.49. The SMILES string of the molecule is C=C(C)/C=C\CSC1CCCC1. The zero-order valence-corrected chi connectivity index (χ0v) is 8.70. The van der Waals surface area contributed by atoms with Gasteiger partial charge in [-0.3, -0.25) is 0 Å². The summed E-state index contributed by atoms with van der Waals surface area (Å²) in [5.74, 6) is 1.16. The van der Waals surface area contributed by atoms with E-state index < -0.39 is 0 Å². The molecule has 0 saturated heterocycles. The fraction of sp³-hybridized carbons (Fsp3) is 0.636. The lowest BCUT2D eigenvalue weighted by Gasteiger charge is -2.04. The molecule has 0 radical (unpaired) electrons. The van der Waals surface area contributed by atoms with Crippen LogP contribution in [0, 0.1) is 0 Å². The van der Waals surface area contributed by atoms with Crippen LogP contribution in [0.15, 0.2) is 24.3 Å². The van der Waals surface area contributed by atoms with Crippen LogP contribution in [-0.2, 0) is 0 Å². The second-order valence-corrected chi connectivity index (χ2v) is 4.82. The maximum atomic E-state index is 3.83. The van der Waals surface area contributed by atoms with Gasteiger partial charge in [0.25, 0.3) is 0 Å². The molecule has 0 N–H and O–H groups in total. The van der Waals surface area contributed by atoms with E-state index in [9.17, 15) is 0 Å². The standard InChI is InChI=1S/C11H18S/c1-10(2)6-5-9-12-11-7-3-4-8-11/h5-6,11H,1,3-4,7-9H2,2H3/b6-5-. The Balaban J connectivity index is 2.05. The lowest BCUT2D eigenvalue weighted by molar-refractivity contribution is 0.886. The monoisotopic (exact) mass is 182 g/mol. The summed E-state index contributed by atoms with van der Waals surface area (Å²) in [7, 11) is 0. The van der Waals surface area contributed by atoms with Gasteiger partial charge in [-0.1, -0.05) is 37.1 Å². The molecule has 0 unspecified atom stereocenters. The van der Waals surface area contributed by atoms with Crippen LogP contribution in [0.5, 0.6) is 0 Å². The van der Waals surface area contributed by atoms with Crippen molar-refractivity contribution in [3.8, 4) is 0 Å². The highest BCUT2D eigenvalue weighted by molar-refractivity contribution is 8.00. The molecule has 68 valence electrons. The molecule has 0 aromatic rings. The normalized spacial score (nSPS) is 19.1. The first kappa shape index (κ1) is 9.91. The Morgan fingerprint density at radius 3 is 2.75 bits per heavy atom. The molecule has 0 nitrogen and oxygen atoms in total. The van der Waals surface area contributed by atoms with Crippen molar-refractivity contribution in [1.29, 1.82) is 0 Å². The molecule has 1 fully saturated rings. The van der Waals surface area contributed by atoms with Gasteiger partial charge in [0.1, 0.15) is 0 Å². The first-order valence-corrected chi connectivity index (χ1v) is 5.77. The first-order valence-electron chi connectivity index (χ1n) is 4.72. The average Bonchev–Trinajstić information content (AvgIpc) is 2.49. The third-order valence-electron chi connectivity index (χ3n) is 2.13. The third kappa shape index (κ3) is 4.01. The van der Waals surface area contributed by atoms with E-state index in [0.29, 0.717) is 0 Å². The summed E-state index contributed by atoms with van der Waals surface area (Å²) in [6, 6.07) is 0. The van der Waals surface area contributed by atoms with Crippen molar-refractivity contribution >= 4 is 11.8 Å². The molecule has 1 heteroatoms. The molecule has 0 bridgehead atoms. The third-order valence-corrected chi connectivity index (χ3v) is 3.46. The molecule has 1 saturated carbocycles. The maximum Gasteiger partial charge on any atom is 0.0119 e. The summed E-state index contributed by atoms with van der Waals surface area (Å²) in [5, 5.41) is 0.944. The zero-order chi connectivity index (χ0) is 8.81. The van der Waals surface area contributed by atoms with Gasteiger partial charge in [0.15, 0.2) is 0 Å². The van der Waals surface area contributed by atoms with Crippen LogP contribution in [0.25, 0.3) is 0 Å². The molecule has 0 heterocycles. The van der Waals surface area contributed by atoms with Gasteiger partial charge in [0.2, 0.25) is 0 Å². The van der Waals surface area contributed by atoms with Gasteiger partial charge in [0, 0.05) is 11.0 Å². The van der Waals surface area contributed by atoms with Crippen molar-refractivity contribution in [2.24, 2.45) is 0 Å². The van der Waals surface area contributed by atoms with Crippen LogP contribution in [-0.4, -0.2) is 11.0 Å². The predicted molar refractivity (Wildman–Crippen MR) is 58.7 cm³/mol. The highest BCUT2D eigenvalue weighted by Crippen LogP contribution is 2.29. The van der Waals surface area contributed by atoms with Gasteiger partial charge in [-0.2, -0.15) is 11.8 Å². The molecule has 0 aromatic carbocycles. The number of allylic oxidation sites excluding steroid dienone is 2. The van der Waals surface area contributed by atoms with E-state index >= 15 is 0 Å². The summed E-state index contributed by atoms with van der Waals surface area (Å²) < 4.78 is 0. The molecule has 0 aliphatic heterocycles. The highest BCUT2D eigenvalue weighted by atomic mass is 32.2. The first-order chi connectivity index (χ1) is 5.79. The Bertz CT molecular complexity index is 164. The van der Waals surface area contributed by atoms with Crippen molar-refractivity contribution < 1.29 is 0 Å². The fourth-order valence-electron chi connectivity index (χ4n) is 1.50. The molecular weight excluding hydrogens is 164 g/mol. The van der Waals surface area contributed by atoms with E-state index in [2.05, 4.69) is 30.5 Å². The van der Waals surface area contributed by atoms with Crippen LogP contribution in [0.2, 0.25) is 0 Å². The van der Waals surface area contributed by atoms with Crippen LogP contribution in [0.3, 0.4) is 0 Å². The van der Waals surface area contributed by atoms with Crippen LogP contribution in [0.4, 0.5) is 0 Å². The van der Waals surface area contributed by atoms with E-state index in [-0.39, 0.29) is 0 Å². The molecule has 1 rings (SSSR count). The minimum absolute atomic E-state index is 0.944. The number of rotatable bonds is 4. The van der Waals surface area contributed by atoms with Crippen LogP contribution in [0.1, 0.15) is 32.6 Å². The smallest absolute Gasteiger partial charge is 0.0119 e.